The molecule has 0 radical (unpaired) electrons. The van der Waals surface area contributed by atoms with Crippen LogP contribution in [0.3, 0.4) is 0 Å². The lowest BCUT2D eigenvalue weighted by Crippen LogP contribution is -2.34. The minimum absolute atomic E-state index is 0.0995. The zero-order valence-corrected chi connectivity index (χ0v) is 15.3. The first-order chi connectivity index (χ1) is 12.7. The van der Waals surface area contributed by atoms with E-state index in [-0.39, 0.29) is 30.8 Å². The van der Waals surface area contributed by atoms with E-state index in [1.807, 2.05) is 0 Å². The summed E-state index contributed by atoms with van der Waals surface area (Å²) < 4.78 is 11.0. The van der Waals surface area contributed by atoms with E-state index in [1.165, 1.54) is 29.2 Å². The molecule has 2 aromatic rings. The zero-order chi connectivity index (χ0) is 20.0. The lowest BCUT2D eigenvalue weighted by Gasteiger charge is -2.22. The Kier molecular flexibility index (Phi) is 6.81. The van der Waals surface area contributed by atoms with Crippen LogP contribution in [0, 0.1) is 10.1 Å². The smallest absolute Gasteiger partial charge is 0.329 e. The molecular weight excluding hydrogens is 373 g/mol. The molecule has 10 heteroatoms. The lowest BCUT2D eigenvalue weighted by atomic mass is 10.1. The van der Waals surface area contributed by atoms with E-state index in [0.717, 1.165) is 5.56 Å². The molecule has 0 saturated carbocycles. The molecule has 9 nitrogen and oxygen atoms in total. The molecule has 0 spiro atoms. The van der Waals surface area contributed by atoms with Gasteiger partial charge in [0.2, 0.25) is 0 Å². The van der Waals surface area contributed by atoms with Gasteiger partial charge in [0.05, 0.1) is 11.1 Å². The summed E-state index contributed by atoms with van der Waals surface area (Å²) in [7, 11) is -4.14. The van der Waals surface area contributed by atoms with Crippen molar-refractivity contribution in [2.45, 2.75) is 12.7 Å². The van der Waals surface area contributed by atoms with Crippen LogP contribution in [0.25, 0.3) is 0 Å². The molecule has 0 aromatic heterocycles. The molecule has 0 aliphatic rings. The first-order valence-corrected chi connectivity index (χ1v) is 9.85. The first-order valence-electron chi connectivity index (χ1n) is 8.06. The molecule has 0 saturated heterocycles. The SMILES string of the molecule is NCCN(Cc1ccc(CP(=O)(O)O)cc1)C(=O)c1ccc([N+](=O)[O-])cc1. The second kappa shape index (κ2) is 8.88. The van der Waals surface area contributed by atoms with Crippen molar-refractivity contribution < 1.29 is 24.1 Å². The van der Waals surface area contributed by atoms with E-state index in [0.29, 0.717) is 17.7 Å². The predicted octanol–water partition coefficient (Wildman–Crippen LogP) is 1.87. The van der Waals surface area contributed by atoms with Gasteiger partial charge in [-0.05, 0) is 23.3 Å². The van der Waals surface area contributed by atoms with Crippen molar-refractivity contribution in [1.29, 1.82) is 0 Å². The highest BCUT2D eigenvalue weighted by molar-refractivity contribution is 7.50. The number of benzene rings is 2. The van der Waals surface area contributed by atoms with Gasteiger partial charge in [0.15, 0.2) is 0 Å². The summed E-state index contributed by atoms with van der Waals surface area (Å²) in [4.78, 5) is 42.4. The van der Waals surface area contributed by atoms with Crippen molar-refractivity contribution in [3.05, 3.63) is 75.3 Å². The third kappa shape index (κ3) is 6.26. The summed E-state index contributed by atoms with van der Waals surface area (Å²) in [6.07, 6.45) is -0.346. The number of nitrogens with two attached hydrogens (primary N) is 1. The number of amides is 1. The van der Waals surface area contributed by atoms with E-state index in [4.69, 9.17) is 15.5 Å². The van der Waals surface area contributed by atoms with E-state index in [9.17, 15) is 19.5 Å². The molecular formula is C17H20N3O6P. The minimum Gasteiger partial charge on any atom is -0.333 e. The van der Waals surface area contributed by atoms with Crippen LogP contribution in [0.2, 0.25) is 0 Å². The van der Waals surface area contributed by atoms with Crippen LogP contribution in [0.5, 0.6) is 0 Å². The molecule has 4 N–H and O–H groups in total. The number of carbonyl (C=O) groups excluding carboxylic acids is 1. The molecule has 2 aromatic carbocycles. The number of hydrogen-bond acceptors (Lipinski definition) is 5. The number of hydrogen-bond donors (Lipinski definition) is 3. The van der Waals surface area contributed by atoms with Gasteiger partial charge in [-0.1, -0.05) is 24.3 Å². The molecule has 144 valence electrons. The third-order valence-corrected chi connectivity index (χ3v) is 4.57. The van der Waals surface area contributed by atoms with Gasteiger partial charge >= 0.3 is 7.60 Å². The van der Waals surface area contributed by atoms with Crippen LogP contribution in [0.4, 0.5) is 5.69 Å². The van der Waals surface area contributed by atoms with Gasteiger partial charge in [0.1, 0.15) is 0 Å². The van der Waals surface area contributed by atoms with Crippen LogP contribution in [-0.2, 0) is 17.3 Å². The summed E-state index contributed by atoms with van der Waals surface area (Å²) in [5, 5.41) is 10.7. The highest BCUT2D eigenvalue weighted by atomic mass is 31.2. The second-order valence-electron chi connectivity index (χ2n) is 5.96. The Morgan fingerprint density at radius 2 is 1.63 bits per heavy atom. The monoisotopic (exact) mass is 393 g/mol. The molecule has 0 aliphatic heterocycles. The van der Waals surface area contributed by atoms with Crippen molar-refractivity contribution in [3.63, 3.8) is 0 Å². The highest BCUT2D eigenvalue weighted by Gasteiger charge is 2.18. The van der Waals surface area contributed by atoms with Gasteiger partial charge in [-0.15, -0.1) is 0 Å². The Bertz CT molecular complexity index is 848. The Balaban J connectivity index is 2.13. The van der Waals surface area contributed by atoms with Gasteiger partial charge in [-0.3, -0.25) is 19.5 Å². The highest BCUT2D eigenvalue weighted by Crippen LogP contribution is 2.38. The summed E-state index contributed by atoms with van der Waals surface area (Å²) in [5.74, 6) is -0.311. The normalized spacial score (nSPS) is 11.2. The van der Waals surface area contributed by atoms with Gasteiger partial charge < -0.3 is 20.4 Å². The number of rotatable bonds is 8. The largest absolute Gasteiger partial charge is 0.333 e. The first kappa shape index (κ1) is 20.7. The lowest BCUT2D eigenvalue weighted by molar-refractivity contribution is -0.384. The van der Waals surface area contributed by atoms with Gasteiger partial charge in [-0.25, -0.2) is 0 Å². The van der Waals surface area contributed by atoms with Crippen molar-refractivity contribution in [3.8, 4) is 0 Å². The molecule has 0 aliphatic carbocycles. The Labute approximate surface area is 155 Å². The standard InChI is InChI=1S/C17H20N3O6P/c18-9-10-19(17(21)15-5-7-16(8-6-15)20(22)23)11-13-1-3-14(4-2-13)12-27(24,25)26/h1-8H,9-12,18H2,(H2,24,25,26). The zero-order valence-electron chi connectivity index (χ0n) is 14.4. The quantitative estimate of drug-likeness (QED) is 0.352. The van der Waals surface area contributed by atoms with Crippen LogP contribution in [-0.4, -0.2) is 38.6 Å². The van der Waals surface area contributed by atoms with Crippen molar-refractivity contribution in [2.75, 3.05) is 13.1 Å². The summed E-state index contributed by atoms with van der Waals surface area (Å²) in [6, 6.07) is 11.9. The fourth-order valence-electron chi connectivity index (χ4n) is 2.52. The predicted molar refractivity (Wildman–Crippen MR) is 99.1 cm³/mol. The molecule has 2 rings (SSSR count). The van der Waals surface area contributed by atoms with Gasteiger partial charge in [-0.2, -0.15) is 0 Å². The van der Waals surface area contributed by atoms with Crippen molar-refractivity contribution in [2.24, 2.45) is 5.73 Å². The Hall–Kier alpha value is -2.58. The second-order valence-corrected chi connectivity index (χ2v) is 7.60. The molecule has 0 heterocycles. The van der Waals surface area contributed by atoms with Crippen LogP contribution >= 0.6 is 7.60 Å². The topological polar surface area (TPSA) is 147 Å². The Morgan fingerprint density at radius 1 is 1.07 bits per heavy atom. The van der Waals surface area contributed by atoms with Crippen LogP contribution in [0.1, 0.15) is 21.5 Å². The number of carbonyl (C=O) groups is 1. The van der Waals surface area contributed by atoms with E-state index >= 15 is 0 Å². The maximum absolute atomic E-state index is 12.7. The molecule has 0 unspecified atom stereocenters. The molecule has 0 fully saturated rings. The van der Waals surface area contributed by atoms with Crippen molar-refractivity contribution >= 4 is 19.2 Å². The molecule has 0 bridgehead atoms. The van der Waals surface area contributed by atoms with E-state index in [2.05, 4.69) is 0 Å². The summed E-state index contributed by atoms with van der Waals surface area (Å²) in [5.41, 5.74) is 7.07. The Morgan fingerprint density at radius 3 is 2.11 bits per heavy atom. The van der Waals surface area contributed by atoms with Gasteiger partial charge in [0.25, 0.3) is 11.6 Å². The average Bonchev–Trinajstić information content (AvgIpc) is 2.61. The molecule has 1 amide bonds. The fourth-order valence-corrected chi connectivity index (χ4v) is 3.21. The molecule has 0 atom stereocenters. The minimum atomic E-state index is -4.14. The summed E-state index contributed by atoms with van der Waals surface area (Å²) in [6.45, 7) is 0.790. The van der Waals surface area contributed by atoms with Crippen LogP contribution in [0.15, 0.2) is 48.5 Å². The fraction of sp³-hybridized carbons (Fsp3) is 0.235. The van der Waals surface area contributed by atoms with E-state index < -0.39 is 12.5 Å². The number of non-ortho nitro benzene ring substituents is 1. The van der Waals surface area contributed by atoms with Gasteiger partial charge in [0, 0.05) is 37.3 Å². The molecule has 27 heavy (non-hydrogen) atoms. The van der Waals surface area contributed by atoms with E-state index in [1.54, 1.807) is 24.3 Å². The third-order valence-electron chi connectivity index (χ3n) is 3.80. The maximum Gasteiger partial charge on any atom is 0.329 e. The summed E-state index contributed by atoms with van der Waals surface area (Å²) >= 11 is 0. The maximum atomic E-state index is 12.7. The number of nitrogens with zero attached hydrogens (tertiary/aromatic N) is 2. The number of nitro groups is 1. The van der Waals surface area contributed by atoms with Crippen LogP contribution < -0.4 is 5.73 Å². The average molecular weight is 393 g/mol. The van der Waals surface area contributed by atoms with Crippen molar-refractivity contribution in [1.82, 2.24) is 4.90 Å². The number of nitro benzene ring substituents is 1.